The van der Waals surface area contributed by atoms with E-state index in [-0.39, 0.29) is 40.5 Å². The number of carbonyl (C=O) groups is 1. The molecule has 2 aromatic carbocycles. The van der Waals surface area contributed by atoms with Crippen LogP contribution in [0.2, 0.25) is 10.0 Å². The Morgan fingerprint density at radius 1 is 1.20 bits per heavy atom. The maximum atomic E-state index is 17.2. The number of amides is 1. The van der Waals surface area contributed by atoms with Crippen molar-refractivity contribution in [2.75, 3.05) is 52.3 Å². The lowest BCUT2D eigenvalue weighted by molar-refractivity contribution is -0.130. The summed E-state index contributed by atoms with van der Waals surface area (Å²) < 4.78 is 24.2. The van der Waals surface area contributed by atoms with Crippen LogP contribution < -0.4 is 4.90 Å². The van der Waals surface area contributed by atoms with Crippen molar-refractivity contribution in [1.82, 2.24) is 24.6 Å². The van der Waals surface area contributed by atoms with Crippen LogP contribution in [-0.4, -0.2) is 96.2 Å². The minimum atomic E-state index is -0.526. The van der Waals surface area contributed by atoms with Gasteiger partial charge in [0.15, 0.2) is 5.82 Å². The van der Waals surface area contributed by atoms with Crippen LogP contribution in [0.25, 0.3) is 32.9 Å². The molecule has 49 heavy (non-hydrogen) atoms. The largest absolute Gasteiger partial charge is 0.381 e. The minimum Gasteiger partial charge on any atom is -0.381 e. The fraction of sp³-hybridized carbons (Fsp3) is 0.417. The summed E-state index contributed by atoms with van der Waals surface area (Å²) >= 11 is 13.7. The maximum absolute atomic E-state index is 17.2. The normalized spacial score (nSPS) is 19.4. The number of hydrogen-bond acceptors (Lipinski definition) is 8. The fourth-order valence-electron chi connectivity index (χ4n) is 7.40. The van der Waals surface area contributed by atoms with Crippen LogP contribution in [0.1, 0.15) is 42.0 Å². The number of nitrogens with zero attached hydrogens (tertiary/aromatic N) is 8. The number of likely N-dealkylation sites (tertiary alicyclic amines) is 1. The molecule has 2 atom stereocenters. The number of piperidine rings is 1. The first-order valence-corrected chi connectivity index (χ1v) is 17.1. The fourth-order valence-corrected chi connectivity index (χ4v) is 7.91. The molecule has 0 spiro atoms. The van der Waals surface area contributed by atoms with Crippen LogP contribution in [0.15, 0.2) is 35.5 Å². The summed E-state index contributed by atoms with van der Waals surface area (Å²) in [5.41, 5.74) is 4.26. The van der Waals surface area contributed by atoms with Crippen molar-refractivity contribution in [1.29, 1.82) is 5.26 Å². The molecule has 1 amide bonds. The van der Waals surface area contributed by atoms with Gasteiger partial charge in [-0.2, -0.15) is 10.4 Å². The standard InChI is InChI=1S/C36H37Cl2FN8O2/c1-20-28(37)12-21-15-41-16-26(21)31(20)32-29(38)14-25-34(33(32)39)43-36(45-18-24(19-45)44(2)3)27-17-42-47(35(25)27)23-8-10-46(22(13-23)7-9-40)30(48)6-5-11-49-4/h5-6,12,14,16-17,22-24H,7-8,10-11,13,15,18-19H2,1-4H3/b6-5+/t22-,23+/m1/s1. The number of carbonyl (C=O) groups excluding carboxylic acids is 1. The Labute approximate surface area is 294 Å². The van der Waals surface area contributed by atoms with Crippen molar-refractivity contribution in [3.63, 3.8) is 0 Å². The van der Waals surface area contributed by atoms with E-state index in [4.69, 9.17) is 38.0 Å². The molecule has 0 saturated carbocycles. The molecule has 3 aliphatic heterocycles. The molecule has 0 bridgehead atoms. The van der Waals surface area contributed by atoms with Gasteiger partial charge in [-0.3, -0.25) is 14.5 Å². The number of fused-ring (bicyclic) bond motifs is 4. The van der Waals surface area contributed by atoms with Crippen molar-refractivity contribution in [2.45, 2.75) is 50.9 Å². The predicted octanol–water partition coefficient (Wildman–Crippen LogP) is 6.34. The highest BCUT2D eigenvalue weighted by molar-refractivity contribution is 6.36. The Hall–Kier alpha value is -4.08. The van der Waals surface area contributed by atoms with Crippen LogP contribution >= 0.6 is 23.2 Å². The number of anilines is 1. The second-order valence-corrected chi connectivity index (χ2v) is 14.1. The number of methoxy groups -OCH3 is 1. The molecule has 2 aromatic heterocycles. The van der Waals surface area contributed by atoms with Gasteiger partial charge >= 0.3 is 0 Å². The van der Waals surface area contributed by atoms with Crippen LogP contribution in [0.3, 0.4) is 0 Å². The lowest BCUT2D eigenvalue weighted by Gasteiger charge is -2.43. The predicted molar refractivity (Wildman–Crippen MR) is 191 cm³/mol. The highest BCUT2D eigenvalue weighted by Crippen LogP contribution is 2.45. The van der Waals surface area contributed by atoms with Crippen LogP contribution in [0.5, 0.6) is 0 Å². The Morgan fingerprint density at radius 2 is 2.00 bits per heavy atom. The van der Waals surface area contributed by atoms with E-state index in [0.29, 0.717) is 60.4 Å². The Balaban J connectivity index is 1.38. The third-order valence-corrected chi connectivity index (χ3v) is 10.8. The van der Waals surface area contributed by atoms with Crippen LogP contribution in [0.4, 0.5) is 10.2 Å². The number of hydrogen-bond donors (Lipinski definition) is 0. The quantitative estimate of drug-likeness (QED) is 0.198. The monoisotopic (exact) mass is 702 g/mol. The summed E-state index contributed by atoms with van der Waals surface area (Å²) in [6.07, 6.45) is 8.04. The molecule has 254 valence electrons. The first-order chi connectivity index (χ1) is 23.6. The summed E-state index contributed by atoms with van der Waals surface area (Å²) in [7, 11) is 5.67. The number of likely N-dealkylation sites (N-methyl/N-ethyl adjacent to an activating group) is 1. The zero-order chi connectivity index (χ0) is 34.6. The van der Waals surface area contributed by atoms with Crippen molar-refractivity contribution < 1.29 is 13.9 Å². The Morgan fingerprint density at radius 3 is 2.73 bits per heavy atom. The zero-order valence-corrected chi connectivity index (χ0v) is 29.4. The topological polar surface area (TPSA) is 103 Å². The number of benzene rings is 2. The summed E-state index contributed by atoms with van der Waals surface area (Å²) in [5, 5.41) is 16.7. The third kappa shape index (κ3) is 5.74. The Kier molecular flexibility index (Phi) is 9.09. The number of aliphatic imine (C=N–C) groups is 1. The molecule has 10 nitrogen and oxygen atoms in total. The number of rotatable bonds is 8. The van der Waals surface area contributed by atoms with E-state index in [0.717, 1.165) is 40.7 Å². The molecular weight excluding hydrogens is 666 g/mol. The number of aromatic nitrogens is 3. The summed E-state index contributed by atoms with van der Waals surface area (Å²) in [6, 6.07) is 5.81. The molecule has 0 N–H and O–H groups in total. The number of ether oxygens (including phenoxy) is 1. The molecule has 0 radical (unpaired) electrons. The highest BCUT2D eigenvalue weighted by atomic mass is 35.5. The molecule has 0 aliphatic carbocycles. The van der Waals surface area contributed by atoms with E-state index in [1.165, 1.54) is 6.08 Å². The first kappa shape index (κ1) is 33.4. The van der Waals surface area contributed by atoms with Crippen LogP contribution in [0, 0.1) is 24.1 Å². The molecule has 0 unspecified atom stereocenters. The SMILES string of the molecule is COC/C=C/C(=O)N1CC[C@H](n2ncc3c(N4CC(N(C)C)C4)nc4c(F)c(-c5c(C)c(Cl)cc6c5C=NC6)c(Cl)cc4c32)C[C@H]1CC#N. The van der Waals surface area contributed by atoms with Crippen molar-refractivity contribution in [3.05, 3.63) is 63.0 Å². The van der Waals surface area contributed by atoms with Gasteiger partial charge in [-0.25, -0.2) is 9.37 Å². The third-order valence-electron chi connectivity index (χ3n) is 10.1. The average Bonchev–Trinajstić information content (AvgIpc) is 3.70. The molecule has 4 aromatic rings. The van der Waals surface area contributed by atoms with E-state index in [9.17, 15) is 10.1 Å². The van der Waals surface area contributed by atoms with Gasteiger partial charge in [0.25, 0.3) is 0 Å². The van der Waals surface area contributed by atoms with Crippen molar-refractivity contribution >= 4 is 62.9 Å². The summed E-state index contributed by atoms with van der Waals surface area (Å²) in [5.74, 6) is -0.0138. The molecule has 5 heterocycles. The minimum absolute atomic E-state index is 0.150. The number of halogens is 3. The molecule has 2 fully saturated rings. The van der Waals surface area contributed by atoms with Gasteiger partial charge in [0.1, 0.15) is 11.3 Å². The maximum Gasteiger partial charge on any atom is 0.246 e. The lowest BCUT2D eigenvalue weighted by atomic mass is 9.91. The van der Waals surface area contributed by atoms with E-state index in [1.54, 1.807) is 36.6 Å². The molecule has 2 saturated heterocycles. The van der Waals surface area contributed by atoms with Gasteiger partial charge in [0.2, 0.25) is 5.91 Å². The van der Waals surface area contributed by atoms with Crippen molar-refractivity contribution in [2.24, 2.45) is 4.99 Å². The van der Waals surface area contributed by atoms with Crippen LogP contribution in [-0.2, 0) is 16.1 Å². The number of nitriles is 1. The molecule has 13 heteroatoms. The van der Waals surface area contributed by atoms with Gasteiger partial charge < -0.3 is 19.4 Å². The lowest BCUT2D eigenvalue weighted by Crippen LogP contribution is -2.57. The van der Waals surface area contributed by atoms with E-state index in [1.807, 2.05) is 17.7 Å². The second-order valence-electron chi connectivity index (χ2n) is 13.2. The van der Waals surface area contributed by atoms with Gasteiger partial charge in [0, 0.05) is 72.7 Å². The Bertz CT molecular complexity index is 2080. The molecule has 3 aliphatic rings. The van der Waals surface area contributed by atoms with Gasteiger partial charge in [0.05, 0.1) is 53.8 Å². The average molecular weight is 704 g/mol. The van der Waals surface area contributed by atoms with Gasteiger partial charge in [-0.05, 0) is 62.7 Å². The summed E-state index contributed by atoms with van der Waals surface area (Å²) in [6.45, 7) is 4.60. The smallest absolute Gasteiger partial charge is 0.246 e. The number of pyridine rings is 1. The van der Waals surface area contributed by atoms with E-state index < -0.39 is 5.82 Å². The van der Waals surface area contributed by atoms with Gasteiger partial charge in [-0.15, -0.1) is 0 Å². The van der Waals surface area contributed by atoms with E-state index in [2.05, 4.69) is 35.0 Å². The van der Waals surface area contributed by atoms with E-state index >= 15 is 4.39 Å². The highest BCUT2D eigenvalue weighted by Gasteiger charge is 2.36. The molecular formula is C36H37Cl2FN8O2. The van der Waals surface area contributed by atoms with Gasteiger partial charge in [-0.1, -0.05) is 29.3 Å². The molecule has 7 rings (SSSR count). The van der Waals surface area contributed by atoms with Crippen molar-refractivity contribution in [3.8, 4) is 17.2 Å². The second kappa shape index (κ2) is 13.3. The summed E-state index contributed by atoms with van der Waals surface area (Å²) in [4.78, 5) is 28.6. The first-order valence-electron chi connectivity index (χ1n) is 16.4. The zero-order valence-electron chi connectivity index (χ0n) is 27.9.